The summed E-state index contributed by atoms with van der Waals surface area (Å²) in [5.74, 6) is 0.816. The third-order valence-corrected chi connectivity index (χ3v) is 3.48. The molecule has 0 bridgehead atoms. The average Bonchev–Trinajstić information content (AvgIpc) is 2.82. The molecule has 2 N–H and O–H groups in total. The molecule has 0 aliphatic heterocycles. The van der Waals surface area contributed by atoms with Gasteiger partial charge in [0.15, 0.2) is 11.5 Å². The van der Waals surface area contributed by atoms with E-state index in [1.165, 1.54) is 5.56 Å². The van der Waals surface area contributed by atoms with Gasteiger partial charge in [-0.05, 0) is 29.3 Å². The van der Waals surface area contributed by atoms with E-state index in [4.69, 9.17) is 5.73 Å². The van der Waals surface area contributed by atoms with Gasteiger partial charge in [0.25, 0.3) is 0 Å². The molecule has 3 aromatic rings. The predicted octanol–water partition coefficient (Wildman–Crippen LogP) is 2.54. The van der Waals surface area contributed by atoms with Gasteiger partial charge in [0.1, 0.15) is 0 Å². The van der Waals surface area contributed by atoms with Crippen molar-refractivity contribution in [1.29, 1.82) is 0 Å². The molecule has 0 aliphatic rings. The first-order valence-electron chi connectivity index (χ1n) is 6.03. The van der Waals surface area contributed by atoms with E-state index in [1.54, 1.807) is 4.52 Å². The van der Waals surface area contributed by atoms with E-state index >= 15 is 0 Å². The second-order valence-electron chi connectivity index (χ2n) is 4.38. The predicted molar refractivity (Wildman–Crippen MR) is 77.8 cm³/mol. The summed E-state index contributed by atoms with van der Waals surface area (Å²) in [5.41, 5.74) is 8.71. The van der Waals surface area contributed by atoms with Crippen molar-refractivity contribution in [2.24, 2.45) is 5.73 Å². The lowest BCUT2D eigenvalue weighted by molar-refractivity contribution is 0.884. The third kappa shape index (κ3) is 2.67. The van der Waals surface area contributed by atoms with Gasteiger partial charge < -0.3 is 5.73 Å². The lowest BCUT2D eigenvalue weighted by atomic mass is 10.1. The molecular weight excluding hydrogens is 304 g/mol. The molecule has 19 heavy (non-hydrogen) atoms. The molecule has 0 fully saturated rings. The second kappa shape index (κ2) is 5.11. The van der Waals surface area contributed by atoms with Crippen LogP contribution in [0.2, 0.25) is 0 Å². The van der Waals surface area contributed by atoms with Crippen LogP contribution in [0.3, 0.4) is 0 Å². The minimum absolute atomic E-state index is 0.512. The van der Waals surface area contributed by atoms with E-state index in [-0.39, 0.29) is 0 Å². The Labute approximate surface area is 119 Å². The number of hydrogen-bond donors (Lipinski definition) is 1. The van der Waals surface area contributed by atoms with Crippen LogP contribution >= 0.6 is 15.9 Å². The Morgan fingerprint density at radius 1 is 1.05 bits per heavy atom. The van der Waals surface area contributed by atoms with E-state index in [0.717, 1.165) is 27.9 Å². The number of halogens is 1. The molecular formula is C14H13BrN4. The van der Waals surface area contributed by atoms with Crippen LogP contribution in [0.5, 0.6) is 0 Å². The molecule has 0 amide bonds. The van der Waals surface area contributed by atoms with Crippen molar-refractivity contribution in [1.82, 2.24) is 14.6 Å². The topological polar surface area (TPSA) is 56.2 Å². The SMILES string of the molecule is NCc1ccc2nc(Cc3ccc(Br)cc3)nn2c1. The Morgan fingerprint density at radius 3 is 2.53 bits per heavy atom. The summed E-state index contributed by atoms with van der Waals surface area (Å²) < 4.78 is 2.86. The van der Waals surface area contributed by atoms with Crippen LogP contribution in [0.1, 0.15) is 17.0 Å². The van der Waals surface area contributed by atoms with Crippen LogP contribution in [0.4, 0.5) is 0 Å². The summed E-state index contributed by atoms with van der Waals surface area (Å²) in [6, 6.07) is 12.1. The third-order valence-electron chi connectivity index (χ3n) is 2.95. The highest BCUT2D eigenvalue weighted by molar-refractivity contribution is 9.10. The van der Waals surface area contributed by atoms with Crippen molar-refractivity contribution in [3.05, 3.63) is 64.0 Å². The van der Waals surface area contributed by atoms with Gasteiger partial charge in [0.05, 0.1) is 0 Å². The van der Waals surface area contributed by atoms with E-state index in [9.17, 15) is 0 Å². The Hall–Kier alpha value is -1.72. The molecule has 2 aromatic heterocycles. The number of fused-ring (bicyclic) bond motifs is 1. The number of nitrogens with zero attached hydrogens (tertiary/aromatic N) is 3. The number of nitrogens with two attached hydrogens (primary N) is 1. The Morgan fingerprint density at radius 2 is 1.79 bits per heavy atom. The summed E-state index contributed by atoms with van der Waals surface area (Å²) >= 11 is 3.43. The van der Waals surface area contributed by atoms with Gasteiger partial charge in [0, 0.05) is 23.6 Å². The van der Waals surface area contributed by atoms with Crippen LogP contribution < -0.4 is 5.73 Å². The standard InChI is InChI=1S/C14H13BrN4/c15-12-4-1-10(2-5-12)7-13-17-14-6-3-11(8-16)9-19(14)18-13/h1-6,9H,7-8,16H2. The highest BCUT2D eigenvalue weighted by Gasteiger charge is 2.05. The highest BCUT2D eigenvalue weighted by atomic mass is 79.9. The number of benzene rings is 1. The van der Waals surface area contributed by atoms with Gasteiger partial charge in [-0.25, -0.2) is 9.50 Å². The summed E-state index contributed by atoms with van der Waals surface area (Å²) in [7, 11) is 0. The normalized spacial score (nSPS) is 11.1. The molecule has 5 heteroatoms. The fourth-order valence-electron chi connectivity index (χ4n) is 1.95. The summed E-state index contributed by atoms with van der Waals surface area (Å²) in [4.78, 5) is 4.51. The molecule has 1 aromatic carbocycles. The Bertz CT molecular complexity index is 703. The van der Waals surface area contributed by atoms with Gasteiger partial charge in [-0.1, -0.05) is 34.1 Å². The fraction of sp³-hybridized carbons (Fsp3) is 0.143. The van der Waals surface area contributed by atoms with E-state index in [1.807, 2.05) is 30.5 Å². The lowest BCUT2D eigenvalue weighted by Crippen LogP contribution is -1.99. The number of rotatable bonds is 3. The first-order chi connectivity index (χ1) is 9.24. The highest BCUT2D eigenvalue weighted by Crippen LogP contribution is 2.13. The largest absolute Gasteiger partial charge is 0.326 e. The monoisotopic (exact) mass is 316 g/mol. The van der Waals surface area contributed by atoms with Gasteiger partial charge >= 0.3 is 0 Å². The minimum atomic E-state index is 0.512. The maximum atomic E-state index is 5.62. The molecule has 0 spiro atoms. The van der Waals surface area contributed by atoms with Crippen molar-refractivity contribution < 1.29 is 0 Å². The molecule has 0 atom stereocenters. The van der Waals surface area contributed by atoms with Crippen LogP contribution in [0, 0.1) is 0 Å². The van der Waals surface area contributed by atoms with Crippen LogP contribution in [-0.4, -0.2) is 14.6 Å². The lowest BCUT2D eigenvalue weighted by Gasteiger charge is -1.97. The summed E-state index contributed by atoms with van der Waals surface area (Å²) in [6.45, 7) is 0.512. The Kier molecular flexibility index (Phi) is 3.31. The van der Waals surface area contributed by atoms with Crippen molar-refractivity contribution in [3.8, 4) is 0 Å². The summed E-state index contributed by atoms with van der Waals surface area (Å²) in [5, 5.41) is 4.48. The second-order valence-corrected chi connectivity index (χ2v) is 5.29. The smallest absolute Gasteiger partial charge is 0.156 e. The van der Waals surface area contributed by atoms with Crippen molar-refractivity contribution in [3.63, 3.8) is 0 Å². The van der Waals surface area contributed by atoms with Crippen LogP contribution in [-0.2, 0) is 13.0 Å². The zero-order valence-electron chi connectivity index (χ0n) is 10.3. The molecule has 4 nitrogen and oxygen atoms in total. The zero-order chi connectivity index (χ0) is 13.2. The van der Waals surface area contributed by atoms with Gasteiger partial charge in [-0.15, -0.1) is 0 Å². The van der Waals surface area contributed by atoms with E-state index in [0.29, 0.717) is 6.54 Å². The average molecular weight is 317 g/mol. The molecule has 2 heterocycles. The van der Waals surface area contributed by atoms with E-state index < -0.39 is 0 Å². The van der Waals surface area contributed by atoms with Gasteiger partial charge in [-0.2, -0.15) is 5.10 Å². The molecule has 0 saturated heterocycles. The maximum absolute atomic E-state index is 5.62. The fourth-order valence-corrected chi connectivity index (χ4v) is 2.22. The van der Waals surface area contributed by atoms with Crippen molar-refractivity contribution in [2.45, 2.75) is 13.0 Å². The van der Waals surface area contributed by atoms with E-state index in [2.05, 4.69) is 38.1 Å². The first-order valence-corrected chi connectivity index (χ1v) is 6.82. The Balaban J connectivity index is 1.90. The zero-order valence-corrected chi connectivity index (χ0v) is 11.8. The van der Waals surface area contributed by atoms with Crippen molar-refractivity contribution >= 4 is 21.6 Å². The molecule has 0 radical (unpaired) electrons. The van der Waals surface area contributed by atoms with Crippen LogP contribution in [0.25, 0.3) is 5.65 Å². The minimum Gasteiger partial charge on any atom is -0.326 e. The molecule has 0 saturated carbocycles. The number of aromatic nitrogens is 3. The summed E-state index contributed by atoms with van der Waals surface area (Å²) in [6.07, 6.45) is 2.65. The quantitative estimate of drug-likeness (QED) is 0.808. The van der Waals surface area contributed by atoms with Crippen molar-refractivity contribution in [2.75, 3.05) is 0 Å². The number of pyridine rings is 1. The van der Waals surface area contributed by atoms with Crippen LogP contribution in [0.15, 0.2) is 47.1 Å². The maximum Gasteiger partial charge on any atom is 0.156 e. The molecule has 3 rings (SSSR count). The molecule has 96 valence electrons. The molecule has 0 unspecified atom stereocenters. The molecule has 0 aliphatic carbocycles. The first kappa shape index (κ1) is 12.3. The number of hydrogen-bond acceptors (Lipinski definition) is 3. The van der Waals surface area contributed by atoms with Gasteiger partial charge in [-0.3, -0.25) is 0 Å². The van der Waals surface area contributed by atoms with Gasteiger partial charge in [0.2, 0.25) is 0 Å².